The molecule has 0 unspecified atom stereocenters. The summed E-state index contributed by atoms with van der Waals surface area (Å²) in [6.45, 7) is 2.62. The molecule has 0 radical (unpaired) electrons. The Kier molecular flexibility index (Phi) is 7.11. The molecule has 0 bridgehead atoms. The zero-order chi connectivity index (χ0) is 26.0. The van der Waals surface area contributed by atoms with E-state index in [0.717, 1.165) is 50.3 Å². The van der Waals surface area contributed by atoms with Crippen molar-refractivity contribution in [3.05, 3.63) is 64.5 Å². The Bertz CT molecular complexity index is 1370. The Labute approximate surface area is 214 Å². The minimum atomic E-state index is -4.45. The zero-order valence-corrected chi connectivity index (χ0v) is 20.4. The van der Waals surface area contributed by atoms with Crippen molar-refractivity contribution in [2.75, 3.05) is 24.5 Å². The first-order valence-corrected chi connectivity index (χ1v) is 12.6. The molecule has 0 aliphatic carbocycles. The average molecular weight is 529 g/mol. The quantitative estimate of drug-likeness (QED) is 0.455. The summed E-state index contributed by atoms with van der Waals surface area (Å²) in [4.78, 5) is 38.7. The van der Waals surface area contributed by atoms with Gasteiger partial charge in [0, 0.05) is 31.2 Å². The van der Waals surface area contributed by atoms with Crippen molar-refractivity contribution in [3.63, 3.8) is 0 Å². The standard InChI is InChI=1S/C25H23F3N6O2S/c26-25(27,28)19-3-1-2-16-4-5-18(31-21(16)19)14-29-13-15-7-10-34(11-8-15)23-30-9-6-17(32-23)12-20-22(35)33-24(36)37-20/h1-6,9,12,15,29H,7-8,10-11,13-14H2,(H,33,35,36). The topological polar surface area (TPSA) is 100 Å². The van der Waals surface area contributed by atoms with Gasteiger partial charge in [-0.1, -0.05) is 18.2 Å². The van der Waals surface area contributed by atoms with E-state index in [1.165, 1.54) is 6.07 Å². The molecule has 37 heavy (non-hydrogen) atoms. The summed E-state index contributed by atoms with van der Waals surface area (Å²) < 4.78 is 40.0. The van der Waals surface area contributed by atoms with Crippen LogP contribution < -0.4 is 15.5 Å². The van der Waals surface area contributed by atoms with Gasteiger partial charge in [0.2, 0.25) is 5.95 Å². The fourth-order valence-corrected chi connectivity index (χ4v) is 5.07. The van der Waals surface area contributed by atoms with E-state index < -0.39 is 22.9 Å². The van der Waals surface area contributed by atoms with Crippen LogP contribution in [-0.2, 0) is 17.5 Å². The number of imide groups is 1. The van der Waals surface area contributed by atoms with Gasteiger partial charge in [0.1, 0.15) is 0 Å². The zero-order valence-electron chi connectivity index (χ0n) is 19.6. The number of para-hydroxylation sites is 1. The number of hydrogen-bond acceptors (Lipinski definition) is 8. The van der Waals surface area contributed by atoms with Gasteiger partial charge in [-0.25, -0.2) is 9.97 Å². The molecule has 2 aliphatic rings. The maximum Gasteiger partial charge on any atom is 0.418 e. The molecule has 0 atom stereocenters. The summed E-state index contributed by atoms with van der Waals surface area (Å²) >= 11 is 0.844. The summed E-state index contributed by atoms with van der Waals surface area (Å²) in [6.07, 6.45) is 0.555. The number of rotatable bonds is 6. The lowest BCUT2D eigenvalue weighted by Crippen LogP contribution is -2.38. The molecule has 2 fully saturated rings. The van der Waals surface area contributed by atoms with Crippen LogP contribution in [0.5, 0.6) is 0 Å². The third-order valence-electron chi connectivity index (χ3n) is 6.31. The van der Waals surface area contributed by atoms with Crippen molar-refractivity contribution >= 4 is 45.8 Å². The molecule has 3 aromatic rings. The van der Waals surface area contributed by atoms with Crippen LogP contribution in [0.2, 0.25) is 0 Å². The molecule has 1 aromatic carbocycles. The molecule has 2 N–H and O–H groups in total. The summed E-state index contributed by atoms with van der Waals surface area (Å²) in [5.74, 6) is 0.539. The Morgan fingerprint density at radius 3 is 2.65 bits per heavy atom. The Balaban J connectivity index is 1.14. The molecule has 0 saturated carbocycles. The number of pyridine rings is 1. The molecule has 2 aromatic heterocycles. The third-order valence-corrected chi connectivity index (χ3v) is 7.12. The van der Waals surface area contributed by atoms with Crippen LogP contribution in [0, 0.1) is 5.92 Å². The van der Waals surface area contributed by atoms with Crippen molar-refractivity contribution in [3.8, 4) is 0 Å². The van der Waals surface area contributed by atoms with Crippen molar-refractivity contribution in [2.24, 2.45) is 5.92 Å². The summed E-state index contributed by atoms with van der Waals surface area (Å²) in [6, 6.07) is 9.19. The number of nitrogens with one attached hydrogen (secondary N) is 2. The third kappa shape index (κ3) is 5.91. The lowest BCUT2D eigenvalue weighted by atomic mass is 9.97. The second kappa shape index (κ2) is 10.5. The molecule has 12 heteroatoms. The van der Waals surface area contributed by atoms with Crippen LogP contribution in [0.3, 0.4) is 0 Å². The number of hydrogen-bond donors (Lipinski definition) is 2. The van der Waals surface area contributed by atoms with E-state index in [4.69, 9.17) is 0 Å². The van der Waals surface area contributed by atoms with Crippen LogP contribution in [0.25, 0.3) is 17.0 Å². The van der Waals surface area contributed by atoms with Crippen LogP contribution in [0.1, 0.15) is 29.8 Å². The predicted molar refractivity (Wildman–Crippen MR) is 135 cm³/mol. The van der Waals surface area contributed by atoms with E-state index in [1.807, 2.05) is 0 Å². The number of amides is 2. The summed E-state index contributed by atoms with van der Waals surface area (Å²) in [5, 5.41) is 5.62. The number of carbonyl (C=O) groups excluding carboxylic acids is 2. The number of fused-ring (bicyclic) bond motifs is 1. The van der Waals surface area contributed by atoms with Crippen LogP contribution in [0.4, 0.5) is 23.9 Å². The van der Waals surface area contributed by atoms with Gasteiger partial charge in [-0.05, 0) is 61.3 Å². The minimum Gasteiger partial charge on any atom is -0.341 e. The fraction of sp³-hybridized carbons (Fsp3) is 0.320. The van der Waals surface area contributed by atoms with E-state index >= 15 is 0 Å². The number of carbonyl (C=O) groups is 2. The Morgan fingerprint density at radius 1 is 1.11 bits per heavy atom. The van der Waals surface area contributed by atoms with E-state index in [-0.39, 0.29) is 5.52 Å². The van der Waals surface area contributed by atoms with Crippen molar-refractivity contribution in [1.82, 2.24) is 25.6 Å². The summed E-state index contributed by atoms with van der Waals surface area (Å²) in [5.41, 5.74) is 0.370. The SMILES string of the molecule is O=C1NC(=O)C(=Cc2ccnc(N3CCC(CNCc4ccc5cccc(C(F)(F)F)c5n4)CC3)n2)S1. The number of piperidine rings is 1. The van der Waals surface area contributed by atoms with Gasteiger partial charge >= 0.3 is 6.18 Å². The second-order valence-electron chi connectivity index (χ2n) is 8.87. The number of aromatic nitrogens is 3. The van der Waals surface area contributed by atoms with Crippen LogP contribution >= 0.6 is 11.8 Å². The highest BCUT2D eigenvalue weighted by molar-refractivity contribution is 8.18. The van der Waals surface area contributed by atoms with E-state index in [2.05, 4.69) is 30.5 Å². The van der Waals surface area contributed by atoms with Crippen LogP contribution in [-0.4, -0.2) is 45.7 Å². The van der Waals surface area contributed by atoms with Crippen molar-refractivity contribution in [2.45, 2.75) is 25.6 Å². The van der Waals surface area contributed by atoms with E-state index in [1.54, 1.807) is 36.5 Å². The highest BCUT2D eigenvalue weighted by atomic mass is 32.2. The van der Waals surface area contributed by atoms with E-state index in [9.17, 15) is 22.8 Å². The molecule has 4 heterocycles. The molecule has 2 amide bonds. The molecular formula is C25H23F3N6O2S. The fourth-order valence-electron chi connectivity index (χ4n) is 4.41. The van der Waals surface area contributed by atoms with Crippen molar-refractivity contribution < 1.29 is 22.8 Å². The second-order valence-corrected chi connectivity index (χ2v) is 9.89. The van der Waals surface area contributed by atoms with Gasteiger partial charge in [-0.2, -0.15) is 13.2 Å². The van der Waals surface area contributed by atoms with Gasteiger partial charge in [-0.3, -0.25) is 19.9 Å². The first-order valence-electron chi connectivity index (χ1n) is 11.8. The number of benzene rings is 1. The number of halogens is 3. The number of nitrogens with zero attached hydrogens (tertiary/aromatic N) is 4. The maximum absolute atomic E-state index is 13.3. The first-order chi connectivity index (χ1) is 17.8. The predicted octanol–water partition coefficient (Wildman–Crippen LogP) is 4.37. The van der Waals surface area contributed by atoms with E-state index in [0.29, 0.717) is 40.1 Å². The van der Waals surface area contributed by atoms with Gasteiger partial charge in [0.05, 0.1) is 27.4 Å². The minimum absolute atomic E-state index is 0.0285. The molecule has 2 aliphatic heterocycles. The molecule has 5 rings (SSSR count). The molecular weight excluding hydrogens is 505 g/mol. The Hall–Kier alpha value is -3.51. The lowest BCUT2D eigenvalue weighted by molar-refractivity contribution is -0.136. The molecule has 2 saturated heterocycles. The van der Waals surface area contributed by atoms with Gasteiger partial charge in [-0.15, -0.1) is 0 Å². The molecule has 192 valence electrons. The van der Waals surface area contributed by atoms with Gasteiger partial charge in [0.25, 0.3) is 11.1 Å². The van der Waals surface area contributed by atoms with Crippen LogP contribution in [0.15, 0.2) is 47.5 Å². The summed E-state index contributed by atoms with van der Waals surface area (Å²) in [7, 11) is 0. The monoisotopic (exact) mass is 528 g/mol. The smallest absolute Gasteiger partial charge is 0.341 e. The lowest BCUT2D eigenvalue weighted by Gasteiger charge is -2.32. The van der Waals surface area contributed by atoms with Crippen molar-refractivity contribution in [1.29, 1.82) is 0 Å². The largest absolute Gasteiger partial charge is 0.418 e. The van der Waals surface area contributed by atoms with Gasteiger partial charge in [0.15, 0.2) is 0 Å². The maximum atomic E-state index is 13.3. The van der Waals surface area contributed by atoms with Gasteiger partial charge < -0.3 is 10.2 Å². The normalized spacial score (nSPS) is 18.1. The molecule has 0 spiro atoms. The number of alkyl halides is 3. The highest BCUT2D eigenvalue weighted by Crippen LogP contribution is 2.34. The number of thioether (sulfide) groups is 1. The molecule has 8 nitrogen and oxygen atoms in total. The average Bonchev–Trinajstić information content (AvgIpc) is 3.19. The highest BCUT2D eigenvalue weighted by Gasteiger charge is 2.33. The Morgan fingerprint density at radius 2 is 1.92 bits per heavy atom. The number of anilines is 1. The first kappa shape index (κ1) is 25.2.